The first kappa shape index (κ1) is 11.6. The molecule has 1 aromatic rings. The van der Waals surface area contributed by atoms with Crippen molar-refractivity contribution in [1.82, 2.24) is 4.90 Å². The number of carbonyl (C=O) groups is 1. The standard InChI is InChI=1S/C12H17NO2/c1-8-5-10(3)11(6-9(8)2)7-13(4)12(14)15/h5-6H,7H2,1-4H3,(H,14,15). The third kappa shape index (κ3) is 2.72. The van der Waals surface area contributed by atoms with Gasteiger partial charge in [-0.25, -0.2) is 4.79 Å². The van der Waals surface area contributed by atoms with Gasteiger partial charge in [-0.05, 0) is 43.0 Å². The zero-order chi connectivity index (χ0) is 11.6. The van der Waals surface area contributed by atoms with Crippen molar-refractivity contribution in [2.24, 2.45) is 0 Å². The van der Waals surface area contributed by atoms with Gasteiger partial charge in [-0.15, -0.1) is 0 Å². The third-order valence-electron chi connectivity index (χ3n) is 2.69. The summed E-state index contributed by atoms with van der Waals surface area (Å²) in [5.74, 6) is 0. The molecule has 1 aromatic carbocycles. The van der Waals surface area contributed by atoms with E-state index in [0.717, 1.165) is 11.1 Å². The van der Waals surface area contributed by atoms with E-state index in [2.05, 4.69) is 19.1 Å². The second-order valence-electron chi connectivity index (χ2n) is 4.00. The highest BCUT2D eigenvalue weighted by molar-refractivity contribution is 5.64. The van der Waals surface area contributed by atoms with Crippen LogP contribution in [0.15, 0.2) is 12.1 Å². The molecule has 82 valence electrons. The quantitative estimate of drug-likeness (QED) is 0.810. The highest BCUT2D eigenvalue weighted by Gasteiger charge is 2.08. The normalized spacial score (nSPS) is 10.1. The van der Waals surface area contributed by atoms with Crippen LogP contribution in [0.1, 0.15) is 22.3 Å². The highest BCUT2D eigenvalue weighted by atomic mass is 16.4. The molecule has 0 heterocycles. The minimum Gasteiger partial charge on any atom is -0.465 e. The fourth-order valence-electron chi connectivity index (χ4n) is 1.51. The Bertz CT molecular complexity index is 385. The van der Waals surface area contributed by atoms with E-state index in [0.29, 0.717) is 6.54 Å². The summed E-state index contributed by atoms with van der Waals surface area (Å²) in [4.78, 5) is 12.0. The van der Waals surface area contributed by atoms with E-state index in [1.54, 1.807) is 7.05 Å². The van der Waals surface area contributed by atoms with Crippen LogP contribution in [0.5, 0.6) is 0 Å². The number of carboxylic acid groups (broad SMARTS) is 1. The fraction of sp³-hybridized carbons (Fsp3) is 0.417. The minimum atomic E-state index is -0.896. The zero-order valence-corrected chi connectivity index (χ0v) is 9.66. The van der Waals surface area contributed by atoms with Gasteiger partial charge in [0.25, 0.3) is 0 Å². The first-order chi connectivity index (χ1) is 6.91. The maximum absolute atomic E-state index is 10.7. The zero-order valence-electron chi connectivity index (χ0n) is 9.66. The van der Waals surface area contributed by atoms with Crippen molar-refractivity contribution >= 4 is 6.09 Å². The van der Waals surface area contributed by atoms with Gasteiger partial charge in [-0.3, -0.25) is 0 Å². The highest BCUT2D eigenvalue weighted by Crippen LogP contribution is 2.16. The van der Waals surface area contributed by atoms with Gasteiger partial charge in [0.15, 0.2) is 0 Å². The van der Waals surface area contributed by atoms with E-state index in [1.807, 2.05) is 13.8 Å². The largest absolute Gasteiger partial charge is 0.465 e. The van der Waals surface area contributed by atoms with Gasteiger partial charge in [0, 0.05) is 13.6 Å². The molecule has 0 radical (unpaired) electrons. The molecule has 1 N–H and O–H groups in total. The molecule has 1 rings (SSSR count). The Morgan fingerprint density at radius 3 is 2.27 bits per heavy atom. The van der Waals surface area contributed by atoms with Gasteiger partial charge in [0.05, 0.1) is 0 Å². The molecule has 0 aliphatic rings. The van der Waals surface area contributed by atoms with Crippen molar-refractivity contribution in [3.05, 3.63) is 34.4 Å². The third-order valence-corrected chi connectivity index (χ3v) is 2.69. The molecule has 3 heteroatoms. The Hall–Kier alpha value is -1.51. The van der Waals surface area contributed by atoms with Crippen LogP contribution in [0, 0.1) is 20.8 Å². The summed E-state index contributed by atoms with van der Waals surface area (Å²) in [6.07, 6.45) is -0.896. The molecule has 0 saturated heterocycles. The van der Waals surface area contributed by atoms with Gasteiger partial charge < -0.3 is 10.0 Å². The predicted octanol–water partition coefficient (Wildman–Crippen LogP) is 2.72. The number of aryl methyl sites for hydroxylation is 3. The van der Waals surface area contributed by atoms with Crippen LogP contribution in [0.25, 0.3) is 0 Å². The summed E-state index contributed by atoms with van der Waals surface area (Å²) < 4.78 is 0. The minimum absolute atomic E-state index is 0.447. The Morgan fingerprint density at radius 1 is 1.20 bits per heavy atom. The summed E-state index contributed by atoms with van der Waals surface area (Å²) in [5.41, 5.74) is 4.66. The number of nitrogens with zero attached hydrogens (tertiary/aromatic N) is 1. The molecule has 0 spiro atoms. The van der Waals surface area contributed by atoms with Gasteiger partial charge in [0.1, 0.15) is 0 Å². The molecule has 15 heavy (non-hydrogen) atoms. The van der Waals surface area contributed by atoms with Crippen molar-refractivity contribution < 1.29 is 9.90 Å². The lowest BCUT2D eigenvalue weighted by Crippen LogP contribution is -2.24. The van der Waals surface area contributed by atoms with E-state index in [-0.39, 0.29) is 0 Å². The molecule has 0 atom stereocenters. The number of hydrogen-bond donors (Lipinski definition) is 1. The van der Waals surface area contributed by atoms with Gasteiger partial charge in [0.2, 0.25) is 0 Å². The molecule has 0 fully saturated rings. The number of rotatable bonds is 2. The summed E-state index contributed by atoms with van der Waals surface area (Å²) in [6, 6.07) is 4.16. The van der Waals surface area contributed by atoms with Crippen LogP contribution in [0.3, 0.4) is 0 Å². The van der Waals surface area contributed by atoms with E-state index >= 15 is 0 Å². The molecule has 0 saturated carbocycles. The fourth-order valence-corrected chi connectivity index (χ4v) is 1.51. The van der Waals surface area contributed by atoms with E-state index in [9.17, 15) is 4.79 Å². The molecule has 3 nitrogen and oxygen atoms in total. The monoisotopic (exact) mass is 207 g/mol. The van der Waals surface area contributed by atoms with Crippen molar-refractivity contribution in [3.63, 3.8) is 0 Å². The number of amides is 1. The molecule has 0 bridgehead atoms. The maximum atomic E-state index is 10.7. The second-order valence-corrected chi connectivity index (χ2v) is 4.00. The Morgan fingerprint density at radius 2 is 1.73 bits per heavy atom. The first-order valence-corrected chi connectivity index (χ1v) is 4.92. The Kier molecular flexibility index (Phi) is 3.35. The van der Waals surface area contributed by atoms with Crippen molar-refractivity contribution in [2.45, 2.75) is 27.3 Å². The average molecular weight is 207 g/mol. The SMILES string of the molecule is Cc1cc(C)c(CN(C)C(=O)O)cc1C. The van der Waals surface area contributed by atoms with Gasteiger partial charge in [-0.2, -0.15) is 0 Å². The Labute approximate surface area is 90.3 Å². The lowest BCUT2D eigenvalue weighted by molar-refractivity contribution is 0.153. The maximum Gasteiger partial charge on any atom is 0.407 e. The van der Waals surface area contributed by atoms with E-state index in [1.165, 1.54) is 16.0 Å². The molecule has 0 unspecified atom stereocenters. The molecule has 0 aromatic heterocycles. The summed E-state index contributed by atoms with van der Waals surface area (Å²) in [6.45, 7) is 6.56. The first-order valence-electron chi connectivity index (χ1n) is 4.92. The van der Waals surface area contributed by atoms with Crippen LogP contribution in [0.2, 0.25) is 0 Å². The molecule has 1 amide bonds. The number of benzene rings is 1. The van der Waals surface area contributed by atoms with Crippen LogP contribution in [-0.2, 0) is 6.54 Å². The van der Waals surface area contributed by atoms with Crippen LogP contribution < -0.4 is 0 Å². The molecule has 0 aliphatic carbocycles. The lowest BCUT2D eigenvalue weighted by atomic mass is 10.0. The molecular formula is C12H17NO2. The van der Waals surface area contributed by atoms with Crippen molar-refractivity contribution in [2.75, 3.05) is 7.05 Å². The lowest BCUT2D eigenvalue weighted by Gasteiger charge is -2.16. The topological polar surface area (TPSA) is 40.5 Å². The van der Waals surface area contributed by atoms with E-state index in [4.69, 9.17) is 5.11 Å². The average Bonchev–Trinajstić information content (AvgIpc) is 2.13. The van der Waals surface area contributed by atoms with Crippen LogP contribution >= 0.6 is 0 Å². The number of hydrogen-bond acceptors (Lipinski definition) is 1. The van der Waals surface area contributed by atoms with Crippen LogP contribution in [-0.4, -0.2) is 23.1 Å². The Balaban J connectivity index is 2.95. The summed E-state index contributed by atoms with van der Waals surface area (Å²) >= 11 is 0. The van der Waals surface area contributed by atoms with Gasteiger partial charge in [-0.1, -0.05) is 12.1 Å². The predicted molar refractivity (Wildman–Crippen MR) is 60.1 cm³/mol. The van der Waals surface area contributed by atoms with Crippen molar-refractivity contribution in [3.8, 4) is 0 Å². The van der Waals surface area contributed by atoms with Gasteiger partial charge >= 0.3 is 6.09 Å². The smallest absolute Gasteiger partial charge is 0.407 e. The second kappa shape index (κ2) is 4.34. The summed E-state index contributed by atoms with van der Waals surface area (Å²) in [5, 5.41) is 8.78. The summed E-state index contributed by atoms with van der Waals surface area (Å²) in [7, 11) is 1.58. The molecular weight excluding hydrogens is 190 g/mol. The van der Waals surface area contributed by atoms with Crippen molar-refractivity contribution in [1.29, 1.82) is 0 Å². The molecule has 0 aliphatic heterocycles. The van der Waals surface area contributed by atoms with Crippen LogP contribution in [0.4, 0.5) is 4.79 Å². The van der Waals surface area contributed by atoms with E-state index < -0.39 is 6.09 Å².